The fourth-order valence-corrected chi connectivity index (χ4v) is 9.19. The van der Waals surface area contributed by atoms with Crippen LogP contribution in [-0.4, -0.2) is 22.3 Å². The lowest BCUT2D eigenvalue weighted by Gasteiger charge is -2.25. The highest BCUT2D eigenvalue weighted by Gasteiger charge is 2.28. The maximum absolute atomic E-state index is 5.07. The second-order valence-electron chi connectivity index (χ2n) is 14.6. The van der Waals surface area contributed by atoms with Crippen molar-refractivity contribution in [3.05, 3.63) is 188 Å². The molecule has 7 aromatic carbocycles. The van der Waals surface area contributed by atoms with Gasteiger partial charge in [0.2, 0.25) is 0 Å². The summed E-state index contributed by atoms with van der Waals surface area (Å²) in [6.07, 6.45) is 1.96. The highest BCUT2D eigenvalue weighted by atomic mass is 32.2. The molecule has 1 aliphatic rings. The molecule has 56 heavy (non-hydrogen) atoms. The third kappa shape index (κ3) is 6.01. The lowest BCUT2D eigenvalue weighted by Crippen LogP contribution is -2.33. The summed E-state index contributed by atoms with van der Waals surface area (Å²) in [5.41, 5.74) is 13.1. The van der Waals surface area contributed by atoms with Crippen LogP contribution < -0.4 is 9.80 Å². The fraction of sp³-hybridized carbons (Fsp3) is 0.0784. The zero-order valence-corrected chi connectivity index (χ0v) is 32.2. The highest BCUT2D eigenvalue weighted by Crippen LogP contribution is 2.44. The van der Waals surface area contributed by atoms with Gasteiger partial charge in [0.25, 0.3) is 0 Å². The van der Waals surface area contributed by atoms with Crippen molar-refractivity contribution in [2.45, 2.75) is 29.7 Å². The van der Waals surface area contributed by atoms with Crippen LogP contribution in [0.25, 0.3) is 61.0 Å². The summed E-state index contributed by atoms with van der Waals surface area (Å²) in [6, 6.07) is 66.1. The molecule has 0 saturated carbocycles. The van der Waals surface area contributed by atoms with Gasteiger partial charge in [-0.1, -0.05) is 133 Å². The van der Waals surface area contributed by atoms with Crippen LogP contribution in [0.15, 0.2) is 198 Å². The van der Waals surface area contributed by atoms with Crippen LogP contribution in [-0.2, 0) is 0 Å². The van der Waals surface area contributed by atoms with E-state index in [0.29, 0.717) is 6.04 Å². The predicted octanol–water partition coefficient (Wildman–Crippen LogP) is 13.7. The van der Waals surface area contributed by atoms with Crippen molar-refractivity contribution in [1.29, 1.82) is 0 Å². The summed E-state index contributed by atoms with van der Waals surface area (Å²) in [7, 11) is 0. The summed E-state index contributed by atoms with van der Waals surface area (Å²) in [5.74, 6) is 0.891. The van der Waals surface area contributed by atoms with Gasteiger partial charge in [-0.25, -0.2) is 4.98 Å². The van der Waals surface area contributed by atoms with Crippen LogP contribution in [0.3, 0.4) is 0 Å². The van der Waals surface area contributed by atoms with Gasteiger partial charge in [0, 0.05) is 38.5 Å². The molecule has 0 saturated heterocycles. The minimum absolute atomic E-state index is 0.414. The standard InChI is InChI=1S/C51H40N4S/c1-35(2)53-34-54(48-26-12-11-25-47(48)53)39-19-13-20-40(32-39)56-41-27-28-45-44-21-9-10-24-46(44)55(49(45)33-41)50-31-38(29-30-52-50)51-42(36-15-5-3-6-16-36)22-14-23-43(51)37-17-7-4-8-18-37/h3-33,35H,34H2,1-2H3. The number of anilines is 3. The van der Waals surface area contributed by atoms with Crippen LogP contribution in [0.2, 0.25) is 0 Å². The largest absolute Gasteiger partial charge is 0.349 e. The topological polar surface area (TPSA) is 24.3 Å². The molecule has 4 nitrogen and oxygen atoms in total. The smallest absolute Gasteiger partial charge is 0.138 e. The average Bonchev–Trinajstić information content (AvgIpc) is 3.81. The van der Waals surface area contributed by atoms with Crippen molar-refractivity contribution in [2.24, 2.45) is 0 Å². The molecular formula is C51H40N4S. The molecule has 10 rings (SSSR count). The van der Waals surface area contributed by atoms with Crippen molar-refractivity contribution < 1.29 is 0 Å². The van der Waals surface area contributed by atoms with Crippen LogP contribution in [0.5, 0.6) is 0 Å². The van der Waals surface area contributed by atoms with E-state index < -0.39 is 0 Å². The minimum atomic E-state index is 0.414. The highest BCUT2D eigenvalue weighted by molar-refractivity contribution is 7.99. The van der Waals surface area contributed by atoms with E-state index in [9.17, 15) is 0 Å². The van der Waals surface area contributed by atoms with Gasteiger partial charge < -0.3 is 9.80 Å². The molecule has 0 atom stereocenters. The molecule has 0 unspecified atom stereocenters. The number of nitrogens with zero attached hydrogens (tertiary/aromatic N) is 4. The average molecular weight is 741 g/mol. The van der Waals surface area contributed by atoms with Gasteiger partial charge in [0.05, 0.1) is 29.1 Å². The number of hydrogen-bond acceptors (Lipinski definition) is 4. The summed E-state index contributed by atoms with van der Waals surface area (Å²) in [4.78, 5) is 12.3. The summed E-state index contributed by atoms with van der Waals surface area (Å²) >= 11 is 1.80. The molecule has 0 bridgehead atoms. The molecule has 0 N–H and O–H groups in total. The summed E-state index contributed by atoms with van der Waals surface area (Å²) in [6.45, 7) is 5.37. The van der Waals surface area contributed by atoms with Crippen LogP contribution in [0, 0.1) is 0 Å². The number of para-hydroxylation sites is 3. The SMILES string of the molecule is CC(C)N1CN(c2cccc(Sc3ccc4c5ccccc5n(-c5cc(-c6c(-c7ccccc7)cccc6-c6ccccc6)ccn5)c4c3)c2)c2ccccc21. The third-order valence-electron chi connectivity index (χ3n) is 10.9. The van der Waals surface area contributed by atoms with Gasteiger partial charge in [0.15, 0.2) is 0 Å². The van der Waals surface area contributed by atoms with Crippen molar-refractivity contribution in [1.82, 2.24) is 9.55 Å². The van der Waals surface area contributed by atoms with Gasteiger partial charge in [0.1, 0.15) is 5.82 Å². The van der Waals surface area contributed by atoms with Crippen LogP contribution in [0.4, 0.5) is 17.1 Å². The normalized spacial score (nSPS) is 12.6. The first-order valence-corrected chi connectivity index (χ1v) is 20.1. The van der Waals surface area contributed by atoms with E-state index in [4.69, 9.17) is 4.98 Å². The molecule has 3 heterocycles. The van der Waals surface area contributed by atoms with Crippen LogP contribution in [0.1, 0.15) is 13.8 Å². The Morgan fingerprint density at radius 2 is 1.16 bits per heavy atom. The molecule has 1 aliphatic heterocycles. The Kier molecular flexibility index (Phi) is 8.65. The maximum atomic E-state index is 5.07. The zero-order valence-electron chi connectivity index (χ0n) is 31.4. The van der Waals surface area contributed by atoms with E-state index >= 15 is 0 Å². The molecule has 2 aromatic heterocycles. The number of fused-ring (bicyclic) bond motifs is 4. The Morgan fingerprint density at radius 1 is 0.518 bits per heavy atom. The quantitative estimate of drug-likeness (QED) is 0.155. The first-order valence-electron chi connectivity index (χ1n) is 19.3. The van der Waals surface area contributed by atoms with Crippen molar-refractivity contribution in [2.75, 3.05) is 16.5 Å². The Bertz CT molecular complexity index is 2800. The van der Waals surface area contributed by atoms with E-state index in [2.05, 4.69) is 210 Å². The van der Waals surface area contributed by atoms with Gasteiger partial charge in [-0.05, 0) is 108 Å². The van der Waals surface area contributed by atoms with E-state index in [1.165, 1.54) is 65.4 Å². The minimum Gasteiger partial charge on any atom is -0.349 e. The first kappa shape index (κ1) is 34.0. The van der Waals surface area contributed by atoms with Crippen molar-refractivity contribution in [3.63, 3.8) is 0 Å². The summed E-state index contributed by atoms with van der Waals surface area (Å²) in [5, 5.41) is 2.42. The van der Waals surface area contributed by atoms with Gasteiger partial charge in [-0.2, -0.15) is 0 Å². The van der Waals surface area contributed by atoms with E-state index in [0.717, 1.165) is 29.1 Å². The first-order chi connectivity index (χ1) is 27.6. The monoisotopic (exact) mass is 740 g/mol. The van der Waals surface area contributed by atoms with Gasteiger partial charge >= 0.3 is 0 Å². The molecular weight excluding hydrogens is 701 g/mol. The van der Waals surface area contributed by atoms with E-state index in [1.807, 2.05) is 6.20 Å². The zero-order chi connectivity index (χ0) is 37.6. The molecule has 5 heteroatoms. The summed E-state index contributed by atoms with van der Waals surface area (Å²) < 4.78 is 2.34. The van der Waals surface area contributed by atoms with Gasteiger partial charge in [-0.3, -0.25) is 4.57 Å². The second kappa shape index (κ2) is 14.3. The predicted molar refractivity (Wildman–Crippen MR) is 237 cm³/mol. The molecule has 0 spiro atoms. The lowest BCUT2D eigenvalue weighted by molar-refractivity contribution is 0.709. The Labute approximate surface area is 332 Å². The second-order valence-corrected chi connectivity index (χ2v) is 15.8. The molecule has 0 fully saturated rings. The molecule has 0 aliphatic carbocycles. The van der Waals surface area contributed by atoms with Crippen molar-refractivity contribution >= 4 is 50.6 Å². The Hall–Kier alpha value is -6.56. The molecule has 0 amide bonds. The lowest BCUT2D eigenvalue weighted by atomic mass is 9.88. The molecule has 9 aromatic rings. The maximum Gasteiger partial charge on any atom is 0.138 e. The Balaban J connectivity index is 1.07. The molecule has 270 valence electrons. The Morgan fingerprint density at radius 3 is 1.91 bits per heavy atom. The van der Waals surface area contributed by atoms with Gasteiger partial charge in [-0.15, -0.1) is 0 Å². The number of hydrogen-bond donors (Lipinski definition) is 0. The fourth-order valence-electron chi connectivity index (χ4n) is 8.29. The number of pyridine rings is 1. The number of benzene rings is 7. The number of rotatable bonds is 8. The van der Waals surface area contributed by atoms with Crippen molar-refractivity contribution in [3.8, 4) is 39.2 Å². The van der Waals surface area contributed by atoms with E-state index in [-0.39, 0.29) is 0 Å². The molecule has 0 radical (unpaired) electrons. The third-order valence-corrected chi connectivity index (χ3v) is 11.9. The van der Waals surface area contributed by atoms with Crippen LogP contribution >= 0.6 is 11.8 Å². The van der Waals surface area contributed by atoms with E-state index in [1.54, 1.807) is 11.8 Å². The number of aromatic nitrogens is 2.